The molecule has 2 rings (SSSR count). The Balaban J connectivity index is 1.88. The highest BCUT2D eigenvalue weighted by molar-refractivity contribution is 5.90. The zero-order valence-corrected chi connectivity index (χ0v) is 13.8. The number of anilines is 1. The predicted octanol–water partition coefficient (Wildman–Crippen LogP) is 2.94. The van der Waals surface area contributed by atoms with Crippen LogP contribution in [0.5, 0.6) is 5.75 Å². The van der Waals surface area contributed by atoms with Gasteiger partial charge in [0.2, 0.25) is 0 Å². The molecule has 1 unspecified atom stereocenters. The van der Waals surface area contributed by atoms with E-state index in [1.807, 2.05) is 24.3 Å². The Morgan fingerprint density at radius 2 is 1.95 bits per heavy atom. The summed E-state index contributed by atoms with van der Waals surface area (Å²) in [5.41, 5.74) is 0.685. The first-order chi connectivity index (χ1) is 10.6. The van der Waals surface area contributed by atoms with E-state index in [0.717, 1.165) is 13.1 Å². The normalized spacial score (nSPS) is 16.5. The molecule has 1 aliphatic rings. The lowest BCUT2D eigenvalue weighted by Crippen LogP contribution is -2.46. The molecule has 1 aliphatic heterocycles. The van der Waals surface area contributed by atoms with Crippen LogP contribution in [0.2, 0.25) is 0 Å². The molecular weight excluding hydrogens is 278 g/mol. The number of ether oxygens (including phenoxy) is 1. The van der Waals surface area contributed by atoms with Crippen LogP contribution < -0.4 is 15.4 Å². The minimum Gasteiger partial charge on any atom is -0.495 e. The second-order valence-electron chi connectivity index (χ2n) is 6.09. The number of likely N-dealkylation sites (tertiary alicyclic amines) is 1. The average Bonchev–Trinajstić information content (AvgIpc) is 3.01. The predicted molar refractivity (Wildman–Crippen MR) is 89.4 cm³/mol. The molecule has 0 saturated carbocycles. The number of rotatable bonds is 6. The Kier molecular flexibility index (Phi) is 6.07. The van der Waals surface area contributed by atoms with Gasteiger partial charge < -0.3 is 15.4 Å². The second kappa shape index (κ2) is 8.03. The van der Waals surface area contributed by atoms with Gasteiger partial charge in [-0.1, -0.05) is 26.0 Å². The van der Waals surface area contributed by atoms with Crippen LogP contribution in [0.3, 0.4) is 0 Å². The lowest BCUT2D eigenvalue weighted by molar-refractivity contribution is 0.186. The van der Waals surface area contributed by atoms with Crippen LogP contribution in [0.25, 0.3) is 0 Å². The molecule has 5 heteroatoms. The average molecular weight is 305 g/mol. The molecule has 2 amide bonds. The highest BCUT2D eigenvalue weighted by atomic mass is 16.5. The largest absolute Gasteiger partial charge is 0.495 e. The molecule has 0 aromatic heterocycles. The molecule has 1 fully saturated rings. The minimum atomic E-state index is -0.186. The first kappa shape index (κ1) is 16.6. The summed E-state index contributed by atoms with van der Waals surface area (Å²) in [5.74, 6) is 1.18. The maximum Gasteiger partial charge on any atom is 0.319 e. The van der Waals surface area contributed by atoms with Gasteiger partial charge >= 0.3 is 6.03 Å². The summed E-state index contributed by atoms with van der Waals surface area (Å²) in [6.07, 6.45) is 2.52. The fourth-order valence-corrected chi connectivity index (χ4v) is 2.97. The number of carbonyl (C=O) groups excluding carboxylic acids is 1. The van der Waals surface area contributed by atoms with Crippen LogP contribution in [0.4, 0.5) is 10.5 Å². The monoisotopic (exact) mass is 305 g/mol. The first-order valence-corrected chi connectivity index (χ1v) is 8.03. The number of benzene rings is 1. The Morgan fingerprint density at radius 1 is 1.27 bits per heavy atom. The van der Waals surface area contributed by atoms with Gasteiger partial charge in [0, 0.05) is 12.6 Å². The molecule has 5 nitrogen and oxygen atoms in total. The van der Waals surface area contributed by atoms with Gasteiger partial charge in [-0.2, -0.15) is 0 Å². The van der Waals surface area contributed by atoms with E-state index in [9.17, 15) is 4.79 Å². The summed E-state index contributed by atoms with van der Waals surface area (Å²) in [5, 5.41) is 5.85. The van der Waals surface area contributed by atoms with Crippen LogP contribution in [-0.2, 0) is 0 Å². The Bertz CT molecular complexity index is 485. The van der Waals surface area contributed by atoms with E-state index in [1.54, 1.807) is 7.11 Å². The minimum absolute atomic E-state index is 0.186. The van der Waals surface area contributed by atoms with Crippen molar-refractivity contribution < 1.29 is 9.53 Å². The van der Waals surface area contributed by atoms with Gasteiger partial charge in [0.1, 0.15) is 5.75 Å². The smallest absolute Gasteiger partial charge is 0.319 e. The number of nitrogens with one attached hydrogen (secondary N) is 2. The van der Waals surface area contributed by atoms with E-state index in [4.69, 9.17) is 4.74 Å². The molecular formula is C17H27N3O2. The second-order valence-corrected chi connectivity index (χ2v) is 6.09. The summed E-state index contributed by atoms with van der Waals surface area (Å²) in [6.45, 7) is 7.36. The molecule has 1 atom stereocenters. The third-order valence-corrected chi connectivity index (χ3v) is 4.21. The van der Waals surface area contributed by atoms with Crippen molar-refractivity contribution in [2.45, 2.75) is 32.7 Å². The molecule has 0 radical (unpaired) electrons. The number of methoxy groups -OCH3 is 1. The fourth-order valence-electron chi connectivity index (χ4n) is 2.97. The van der Waals surface area contributed by atoms with Gasteiger partial charge in [0.25, 0.3) is 0 Å². The maximum atomic E-state index is 12.1. The molecule has 122 valence electrons. The lowest BCUT2D eigenvalue weighted by atomic mass is 10.0. The van der Waals surface area contributed by atoms with Crippen molar-refractivity contribution in [2.24, 2.45) is 5.92 Å². The zero-order chi connectivity index (χ0) is 15.9. The molecule has 0 spiro atoms. The van der Waals surface area contributed by atoms with E-state index in [2.05, 4.69) is 29.4 Å². The number of hydrogen-bond acceptors (Lipinski definition) is 3. The number of nitrogens with zero attached hydrogens (tertiary/aromatic N) is 1. The quantitative estimate of drug-likeness (QED) is 0.849. The number of amides is 2. The number of hydrogen-bond donors (Lipinski definition) is 2. The first-order valence-electron chi connectivity index (χ1n) is 8.03. The highest BCUT2D eigenvalue weighted by Crippen LogP contribution is 2.23. The Labute approximate surface area is 133 Å². The van der Waals surface area contributed by atoms with Crippen LogP contribution in [0.1, 0.15) is 26.7 Å². The Morgan fingerprint density at radius 3 is 2.59 bits per heavy atom. The van der Waals surface area contributed by atoms with Crippen LogP contribution in [0.15, 0.2) is 24.3 Å². The van der Waals surface area contributed by atoms with Crippen molar-refractivity contribution in [2.75, 3.05) is 32.1 Å². The van der Waals surface area contributed by atoms with Crippen molar-refractivity contribution in [3.8, 4) is 5.75 Å². The van der Waals surface area contributed by atoms with Crippen molar-refractivity contribution in [1.82, 2.24) is 10.2 Å². The van der Waals surface area contributed by atoms with E-state index in [1.165, 1.54) is 12.8 Å². The summed E-state index contributed by atoms with van der Waals surface area (Å²) < 4.78 is 5.24. The molecule has 1 heterocycles. The molecule has 22 heavy (non-hydrogen) atoms. The Hall–Kier alpha value is -1.75. The SMILES string of the molecule is COc1ccccc1NC(=O)NCC(C(C)C)N1CCCC1. The van der Waals surface area contributed by atoms with E-state index >= 15 is 0 Å². The number of para-hydroxylation sites is 2. The summed E-state index contributed by atoms with van der Waals surface area (Å²) >= 11 is 0. The van der Waals surface area contributed by atoms with Gasteiger partial charge in [-0.15, -0.1) is 0 Å². The van der Waals surface area contributed by atoms with Crippen molar-refractivity contribution in [1.29, 1.82) is 0 Å². The maximum absolute atomic E-state index is 12.1. The summed E-state index contributed by atoms with van der Waals surface area (Å²) in [7, 11) is 1.60. The third-order valence-electron chi connectivity index (χ3n) is 4.21. The fraction of sp³-hybridized carbons (Fsp3) is 0.588. The van der Waals surface area contributed by atoms with Crippen molar-refractivity contribution >= 4 is 11.7 Å². The topological polar surface area (TPSA) is 53.6 Å². The van der Waals surface area contributed by atoms with Crippen LogP contribution >= 0.6 is 0 Å². The number of carbonyl (C=O) groups is 1. The van der Waals surface area contributed by atoms with Crippen molar-refractivity contribution in [3.63, 3.8) is 0 Å². The lowest BCUT2D eigenvalue weighted by Gasteiger charge is -2.31. The summed E-state index contributed by atoms with van der Waals surface area (Å²) in [6, 6.07) is 7.62. The van der Waals surface area contributed by atoms with Gasteiger partial charge in [-0.05, 0) is 44.0 Å². The van der Waals surface area contributed by atoms with E-state index in [0.29, 0.717) is 29.9 Å². The van der Waals surface area contributed by atoms with E-state index < -0.39 is 0 Å². The highest BCUT2D eigenvalue weighted by Gasteiger charge is 2.24. The van der Waals surface area contributed by atoms with Gasteiger partial charge in [0.05, 0.1) is 12.8 Å². The van der Waals surface area contributed by atoms with Crippen LogP contribution in [-0.4, -0.2) is 43.7 Å². The van der Waals surface area contributed by atoms with Crippen LogP contribution in [0, 0.1) is 5.92 Å². The molecule has 0 bridgehead atoms. The van der Waals surface area contributed by atoms with Gasteiger partial charge in [-0.25, -0.2) is 4.79 Å². The van der Waals surface area contributed by atoms with Crippen molar-refractivity contribution in [3.05, 3.63) is 24.3 Å². The molecule has 2 N–H and O–H groups in total. The molecule has 1 saturated heterocycles. The molecule has 0 aliphatic carbocycles. The third kappa shape index (κ3) is 4.37. The summed E-state index contributed by atoms with van der Waals surface area (Å²) in [4.78, 5) is 14.6. The molecule has 1 aromatic carbocycles. The van der Waals surface area contributed by atoms with Gasteiger partial charge in [0.15, 0.2) is 0 Å². The molecule has 1 aromatic rings. The standard InChI is InChI=1S/C17H27N3O2/c1-13(2)15(20-10-6-7-11-20)12-18-17(21)19-14-8-4-5-9-16(14)22-3/h4-5,8-9,13,15H,6-7,10-12H2,1-3H3,(H2,18,19,21). The zero-order valence-electron chi connectivity index (χ0n) is 13.8. The van der Waals surface area contributed by atoms with E-state index in [-0.39, 0.29) is 6.03 Å². The van der Waals surface area contributed by atoms with Gasteiger partial charge in [-0.3, -0.25) is 4.90 Å². The number of urea groups is 1.